The predicted molar refractivity (Wildman–Crippen MR) is 306 cm³/mol. The molecule has 0 aliphatic carbocycles. The molecule has 456 valence electrons. The lowest BCUT2D eigenvalue weighted by atomic mass is 9.72. The number of hydrogen-bond acceptors (Lipinski definition) is 17. The number of aliphatic carboxylic acids is 1. The van der Waals surface area contributed by atoms with Gasteiger partial charge < -0.3 is 68.4 Å². The minimum absolute atomic E-state index is 0.0268. The van der Waals surface area contributed by atoms with E-state index < -0.39 is 95.4 Å². The van der Waals surface area contributed by atoms with Gasteiger partial charge in [-0.3, -0.25) is 34.7 Å². The fourth-order valence-electron chi connectivity index (χ4n) is 10.5. The Hall–Kier alpha value is -6.64. The maximum atomic E-state index is 14.4. The highest BCUT2D eigenvalue weighted by Gasteiger charge is 2.63. The summed E-state index contributed by atoms with van der Waals surface area (Å²) >= 11 is 6.82. The van der Waals surface area contributed by atoms with E-state index in [1.807, 2.05) is 56.4 Å². The first-order valence-corrected chi connectivity index (χ1v) is 28.0. The molecule has 3 aromatic rings. The van der Waals surface area contributed by atoms with Crippen molar-refractivity contribution in [1.82, 2.24) is 35.9 Å². The number of esters is 1. The molecule has 25 heteroatoms. The molecule has 83 heavy (non-hydrogen) atoms. The molecular formula is C58H81ClN8O16. The largest absolute Gasteiger partial charge is 0.495 e. The number of alkyl carbamates (subject to hydrolysis) is 1. The van der Waals surface area contributed by atoms with Crippen molar-refractivity contribution in [3.63, 3.8) is 0 Å². The van der Waals surface area contributed by atoms with Crippen molar-refractivity contribution in [1.29, 1.82) is 0 Å². The number of carboxylic acid groups (broad SMARTS) is 1. The third kappa shape index (κ3) is 17.0. The molecule has 2 aromatic carbocycles. The van der Waals surface area contributed by atoms with E-state index in [-0.39, 0.29) is 76.5 Å². The zero-order valence-corrected chi connectivity index (χ0v) is 49.8. The van der Waals surface area contributed by atoms with E-state index in [1.54, 1.807) is 45.2 Å². The number of ether oxygens (including phenoxy) is 7. The van der Waals surface area contributed by atoms with E-state index in [0.717, 1.165) is 27.7 Å². The van der Waals surface area contributed by atoms with Crippen LogP contribution in [0.3, 0.4) is 0 Å². The Kier molecular flexibility index (Phi) is 23.1. The van der Waals surface area contributed by atoms with Gasteiger partial charge in [0.15, 0.2) is 5.72 Å². The highest BCUT2D eigenvalue weighted by Crippen LogP contribution is 2.50. The Morgan fingerprint density at radius 1 is 0.988 bits per heavy atom. The second kappa shape index (κ2) is 29.2. The Morgan fingerprint density at radius 2 is 1.70 bits per heavy atom. The van der Waals surface area contributed by atoms with Crippen molar-refractivity contribution in [2.75, 3.05) is 80.3 Å². The van der Waals surface area contributed by atoms with Gasteiger partial charge in [-0.2, -0.15) is 0 Å². The molecule has 0 spiro atoms. The standard InChI is InChI=1S/C58H81ClN8O16/c1-36-14-13-17-45(78-10)58(76)33-47(82-55(75)63-58)57(4)35-56(3,83-57)46(32-50(70)66(8)43-29-38(28-36)30-44(77-9)52(43)59)81-54(74)37(2)65(7)49(69)21-24-79-26-27-80-25-22-61-53(73)41(18-19-51(71)72)62-48(68)20-23-67-40(34-64(6)60-5)31-39-15-11-12-16-42(39)67/h11-17,29-31,37,41,45-47,60,76H,18-28,32-35H2,1-10H3,(H,61,73)(H,62,68)(H,63,75)(H,71,72)/b17-13+,36-14+/t37-,41-,45+,46-,47-,56+,57?,58-/m0/s1. The number of carbonyl (C=O) groups is 7. The second-order valence-corrected chi connectivity index (χ2v) is 22.0. The number of methoxy groups -OCH3 is 2. The maximum Gasteiger partial charge on any atom is 0.409 e. The smallest absolute Gasteiger partial charge is 0.409 e. The van der Waals surface area contributed by atoms with Crippen LogP contribution in [0.1, 0.15) is 83.9 Å². The molecule has 4 aliphatic heterocycles. The topological polar surface area (TPSA) is 287 Å². The van der Waals surface area contributed by atoms with Crippen molar-refractivity contribution in [2.24, 2.45) is 0 Å². The summed E-state index contributed by atoms with van der Waals surface area (Å²) in [5.41, 5.74) is 2.53. The van der Waals surface area contributed by atoms with E-state index in [9.17, 15) is 43.8 Å². The van der Waals surface area contributed by atoms with Crippen molar-refractivity contribution >= 4 is 69.9 Å². The number of hydrogen-bond donors (Lipinski definition) is 6. The lowest BCUT2D eigenvalue weighted by Gasteiger charge is -2.59. The number of likely N-dealkylation sites (N-methyl/N-ethyl adjacent to an activating group) is 1. The van der Waals surface area contributed by atoms with Crippen LogP contribution in [0.25, 0.3) is 10.9 Å². The number of aliphatic hydroxyl groups is 1. The average Bonchev–Trinajstić information content (AvgIpc) is 3.35. The molecule has 6 N–H and O–H groups in total. The number of para-hydroxylation sites is 1. The van der Waals surface area contributed by atoms with Gasteiger partial charge in [0.2, 0.25) is 23.6 Å². The molecule has 2 fully saturated rings. The zero-order chi connectivity index (χ0) is 60.8. The average molecular weight is 1180 g/mol. The molecule has 1 unspecified atom stereocenters. The van der Waals surface area contributed by atoms with E-state index in [0.29, 0.717) is 30.9 Å². The normalized spacial score (nSPS) is 24.5. The van der Waals surface area contributed by atoms with E-state index in [2.05, 4.69) is 32.0 Å². The molecule has 6 bridgehead atoms. The van der Waals surface area contributed by atoms with E-state index in [1.165, 1.54) is 38.0 Å². The van der Waals surface area contributed by atoms with Crippen LogP contribution in [0.5, 0.6) is 5.75 Å². The zero-order valence-electron chi connectivity index (χ0n) is 49.0. The van der Waals surface area contributed by atoms with Crippen LogP contribution in [0.4, 0.5) is 10.5 Å². The fraction of sp³-hybridized carbons (Fsp3) is 0.569. The number of rotatable bonds is 25. The Morgan fingerprint density at radius 3 is 2.39 bits per heavy atom. The van der Waals surface area contributed by atoms with Gasteiger partial charge in [0.1, 0.15) is 52.4 Å². The number of benzene rings is 2. The first-order chi connectivity index (χ1) is 39.3. The molecule has 5 amide bonds. The summed E-state index contributed by atoms with van der Waals surface area (Å²) in [4.78, 5) is 95.3. The van der Waals surface area contributed by atoms with Crippen LogP contribution in [0.15, 0.2) is 66.3 Å². The van der Waals surface area contributed by atoms with E-state index >= 15 is 0 Å². The van der Waals surface area contributed by atoms with Crippen LogP contribution in [0.2, 0.25) is 5.02 Å². The summed E-state index contributed by atoms with van der Waals surface area (Å²) in [7, 11) is 9.57. The summed E-state index contributed by atoms with van der Waals surface area (Å²) < 4.78 is 43.0. The summed E-state index contributed by atoms with van der Waals surface area (Å²) in [5, 5.41) is 32.2. The first kappa shape index (κ1) is 65.5. The molecule has 8 atom stereocenters. The molecule has 5 heterocycles. The lowest BCUT2D eigenvalue weighted by molar-refractivity contribution is -0.328. The minimum atomic E-state index is -1.91. The number of halogens is 1. The van der Waals surface area contributed by atoms with Gasteiger partial charge >= 0.3 is 18.0 Å². The molecule has 1 aromatic heterocycles. The third-order valence-electron chi connectivity index (χ3n) is 15.4. The van der Waals surface area contributed by atoms with E-state index in [4.69, 9.17) is 44.8 Å². The Balaban J connectivity index is 1.00. The number of nitrogens with zero attached hydrogens (tertiary/aromatic N) is 4. The number of carbonyl (C=O) groups excluding carboxylic acids is 6. The van der Waals surface area contributed by atoms with Gasteiger partial charge in [0.25, 0.3) is 0 Å². The monoisotopic (exact) mass is 1180 g/mol. The Bertz CT molecular complexity index is 2870. The van der Waals surface area contributed by atoms with Gasteiger partial charge in [-0.05, 0) is 82.8 Å². The van der Waals surface area contributed by atoms with Crippen LogP contribution < -0.4 is 31.0 Å². The Labute approximate surface area is 489 Å². The number of nitrogens with one attached hydrogen (secondary N) is 4. The number of aromatic nitrogens is 1. The second-order valence-electron chi connectivity index (χ2n) is 21.7. The van der Waals surface area contributed by atoms with Crippen molar-refractivity contribution in [3.8, 4) is 5.75 Å². The van der Waals surface area contributed by atoms with Crippen LogP contribution in [-0.2, 0) is 76.7 Å². The molecular weight excluding hydrogens is 1100 g/mol. The SMILES string of the molecule is CNN(C)Cc1cc2ccccc2n1CCC(=O)N[C@@H](CCC(=O)O)C(=O)NCCOCCOCCC(=O)N(C)[C@@H](C)C(=O)O[C@H]1CC(=O)N(C)c2cc(cc(OC)c2Cl)C/C(C)=C/C=C/[C@@H](OC)[C@@]2(O)C[C@H](OC(=O)N2)C2(C)C[C@@]1(C)O2. The van der Waals surface area contributed by atoms with Crippen molar-refractivity contribution in [2.45, 2.75) is 139 Å². The number of fused-ring (bicyclic) bond motifs is 7. The number of hydrazine groups is 1. The van der Waals surface area contributed by atoms with Crippen LogP contribution >= 0.6 is 11.6 Å². The van der Waals surface area contributed by atoms with Gasteiger partial charge in [0, 0.05) is 78.2 Å². The maximum absolute atomic E-state index is 14.4. The highest BCUT2D eigenvalue weighted by molar-refractivity contribution is 6.35. The van der Waals surface area contributed by atoms with Crippen molar-refractivity contribution in [3.05, 3.63) is 82.5 Å². The van der Waals surface area contributed by atoms with Gasteiger partial charge in [-0.1, -0.05) is 53.6 Å². The van der Waals surface area contributed by atoms with Gasteiger partial charge in [-0.25, -0.2) is 14.6 Å². The summed E-state index contributed by atoms with van der Waals surface area (Å²) in [6.07, 6.45) is 0.450. The van der Waals surface area contributed by atoms with Crippen LogP contribution in [-0.4, -0.2) is 189 Å². The number of carboxylic acids is 1. The van der Waals surface area contributed by atoms with Gasteiger partial charge in [-0.15, -0.1) is 0 Å². The van der Waals surface area contributed by atoms with Crippen molar-refractivity contribution < 1.29 is 76.9 Å². The number of amides is 5. The predicted octanol–water partition coefficient (Wildman–Crippen LogP) is 4.16. The summed E-state index contributed by atoms with van der Waals surface area (Å²) in [6, 6.07) is 11.2. The number of allylic oxidation sites excluding steroid dienone is 3. The number of anilines is 1. The molecule has 0 saturated carbocycles. The third-order valence-corrected chi connectivity index (χ3v) is 15.7. The molecule has 0 radical (unpaired) electrons. The highest BCUT2D eigenvalue weighted by atomic mass is 35.5. The molecule has 7 rings (SSSR count). The summed E-state index contributed by atoms with van der Waals surface area (Å²) in [6.45, 7) is 7.95. The summed E-state index contributed by atoms with van der Waals surface area (Å²) in [5.74, 6) is -3.52. The first-order valence-electron chi connectivity index (χ1n) is 27.6. The fourth-order valence-corrected chi connectivity index (χ4v) is 10.9. The van der Waals surface area contributed by atoms with Gasteiger partial charge in [0.05, 0.1) is 58.6 Å². The lowest BCUT2D eigenvalue weighted by Crippen LogP contribution is -2.72. The minimum Gasteiger partial charge on any atom is -0.495 e. The van der Waals surface area contributed by atoms with Crippen LogP contribution in [0, 0.1) is 0 Å². The number of aryl methyl sites for hydroxylation is 1. The quantitative estimate of drug-likeness (QED) is 0.0395. The molecule has 2 saturated heterocycles. The molecule has 4 aliphatic rings. The molecule has 24 nitrogen and oxygen atoms in total.